The standard InChI is InChI=1S/C18H15P.C9H11ClO/c1-4-10-16(11-5-1)19(17-12-6-2-7-13-17)18-14-8-3-9-15-18;1-2-11-9-5-3-8(7-10)4-6-9/h1-15H;3-6H,2,7H2,1H3. The minimum Gasteiger partial charge on any atom is -0.494 e. The van der Waals surface area contributed by atoms with Crippen LogP contribution in [0.25, 0.3) is 0 Å². The Morgan fingerprint density at radius 1 is 0.600 bits per heavy atom. The van der Waals surface area contributed by atoms with Gasteiger partial charge in [-0.05, 0) is 48.5 Å². The lowest BCUT2D eigenvalue weighted by atomic mass is 10.2. The number of hydrogen-bond acceptors (Lipinski definition) is 1. The summed E-state index contributed by atoms with van der Waals surface area (Å²) in [5.41, 5.74) is 1.12. The number of alkyl halides is 1. The third-order valence-corrected chi connectivity index (χ3v) is 7.18. The van der Waals surface area contributed by atoms with E-state index < -0.39 is 7.92 Å². The summed E-state index contributed by atoms with van der Waals surface area (Å²) >= 11 is 5.62. The van der Waals surface area contributed by atoms with Gasteiger partial charge in [0.2, 0.25) is 0 Å². The Balaban J connectivity index is 0.000000199. The maximum atomic E-state index is 5.62. The molecule has 0 heterocycles. The second-order valence-electron chi connectivity index (χ2n) is 6.55. The highest BCUT2D eigenvalue weighted by molar-refractivity contribution is 7.79. The molecule has 0 saturated heterocycles. The zero-order valence-corrected chi connectivity index (χ0v) is 18.8. The van der Waals surface area contributed by atoms with Crippen molar-refractivity contribution in [3.63, 3.8) is 0 Å². The van der Waals surface area contributed by atoms with E-state index in [1.54, 1.807) is 0 Å². The number of benzene rings is 4. The Bertz CT molecular complexity index is 880. The summed E-state index contributed by atoms with van der Waals surface area (Å²) < 4.78 is 5.26. The van der Waals surface area contributed by atoms with E-state index in [1.165, 1.54) is 15.9 Å². The van der Waals surface area contributed by atoms with Gasteiger partial charge in [-0.3, -0.25) is 0 Å². The van der Waals surface area contributed by atoms with Crippen molar-refractivity contribution in [3.05, 3.63) is 121 Å². The smallest absolute Gasteiger partial charge is 0.119 e. The molecule has 0 atom stereocenters. The third kappa shape index (κ3) is 6.46. The first-order valence-corrected chi connectivity index (χ1v) is 11.9. The van der Waals surface area contributed by atoms with E-state index in [0.29, 0.717) is 12.5 Å². The predicted molar refractivity (Wildman–Crippen MR) is 132 cm³/mol. The molecule has 0 aromatic heterocycles. The molecule has 0 bridgehead atoms. The molecule has 4 aromatic rings. The number of ether oxygens (including phenoxy) is 1. The molecule has 4 aromatic carbocycles. The molecular formula is C27H26ClOP. The Morgan fingerprint density at radius 3 is 1.33 bits per heavy atom. The zero-order valence-electron chi connectivity index (χ0n) is 17.1. The van der Waals surface area contributed by atoms with Crippen molar-refractivity contribution >= 4 is 35.4 Å². The van der Waals surface area contributed by atoms with Gasteiger partial charge in [-0.1, -0.05) is 103 Å². The van der Waals surface area contributed by atoms with E-state index in [0.717, 1.165) is 11.3 Å². The molecule has 0 amide bonds. The fourth-order valence-electron chi connectivity index (χ4n) is 3.02. The maximum Gasteiger partial charge on any atom is 0.119 e. The van der Waals surface area contributed by atoms with Crippen molar-refractivity contribution in [1.29, 1.82) is 0 Å². The van der Waals surface area contributed by atoms with Crippen LogP contribution in [0.4, 0.5) is 0 Å². The normalized spacial score (nSPS) is 10.2. The minimum atomic E-state index is -0.446. The minimum absolute atomic E-state index is 0.446. The van der Waals surface area contributed by atoms with Gasteiger partial charge in [0, 0.05) is 5.88 Å². The van der Waals surface area contributed by atoms with Crippen molar-refractivity contribution in [2.24, 2.45) is 0 Å². The van der Waals surface area contributed by atoms with E-state index in [9.17, 15) is 0 Å². The van der Waals surface area contributed by atoms with Gasteiger partial charge >= 0.3 is 0 Å². The first-order chi connectivity index (χ1) is 14.8. The molecule has 0 saturated carbocycles. The zero-order chi connectivity index (χ0) is 21.0. The highest BCUT2D eigenvalue weighted by atomic mass is 35.5. The maximum absolute atomic E-state index is 5.62. The van der Waals surface area contributed by atoms with E-state index in [1.807, 2.05) is 31.2 Å². The quantitative estimate of drug-likeness (QED) is 0.258. The molecule has 0 aliphatic heterocycles. The van der Waals surface area contributed by atoms with Crippen LogP contribution in [0.3, 0.4) is 0 Å². The van der Waals surface area contributed by atoms with Crippen LogP contribution in [0, 0.1) is 0 Å². The molecule has 30 heavy (non-hydrogen) atoms. The van der Waals surface area contributed by atoms with Gasteiger partial charge in [0.05, 0.1) is 6.61 Å². The lowest BCUT2D eigenvalue weighted by Gasteiger charge is -2.18. The van der Waals surface area contributed by atoms with Gasteiger partial charge < -0.3 is 4.74 Å². The molecule has 0 fully saturated rings. The molecule has 4 rings (SSSR count). The van der Waals surface area contributed by atoms with Gasteiger partial charge in [-0.25, -0.2) is 0 Å². The van der Waals surface area contributed by atoms with Crippen molar-refractivity contribution in [2.45, 2.75) is 12.8 Å². The molecule has 0 aliphatic carbocycles. The van der Waals surface area contributed by atoms with Gasteiger partial charge in [-0.2, -0.15) is 0 Å². The van der Waals surface area contributed by atoms with Crippen molar-refractivity contribution < 1.29 is 4.74 Å². The molecule has 0 unspecified atom stereocenters. The lowest BCUT2D eigenvalue weighted by Crippen LogP contribution is -2.20. The Kier molecular flexibility index (Phi) is 8.97. The number of hydrogen-bond donors (Lipinski definition) is 0. The van der Waals surface area contributed by atoms with Crippen LogP contribution in [0.2, 0.25) is 0 Å². The molecule has 0 radical (unpaired) electrons. The summed E-state index contributed by atoms with van der Waals surface area (Å²) in [6, 6.07) is 40.1. The first kappa shape index (κ1) is 22.1. The van der Waals surface area contributed by atoms with Crippen LogP contribution < -0.4 is 20.7 Å². The molecular weight excluding hydrogens is 407 g/mol. The van der Waals surface area contributed by atoms with E-state index >= 15 is 0 Å². The summed E-state index contributed by atoms with van der Waals surface area (Å²) in [4.78, 5) is 0. The first-order valence-electron chi connectivity index (χ1n) is 10.0. The van der Waals surface area contributed by atoms with Crippen LogP contribution in [-0.4, -0.2) is 6.61 Å². The monoisotopic (exact) mass is 432 g/mol. The molecule has 3 heteroatoms. The van der Waals surface area contributed by atoms with Crippen LogP contribution in [0.15, 0.2) is 115 Å². The average Bonchev–Trinajstić information content (AvgIpc) is 2.83. The van der Waals surface area contributed by atoms with Crippen LogP contribution in [-0.2, 0) is 5.88 Å². The fourth-order valence-corrected chi connectivity index (χ4v) is 5.50. The van der Waals surface area contributed by atoms with Gasteiger partial charge in [0.25, 0.3) is 0 Å². The fraction of sp³-hybridized carbons (Fsp3) is 0.111. The highest BCUT2D eigenvalue weighted by Gasteiger charge is 2.14. The molecule has 0 aliphatic rings. The Hall–Kier alpha value is -2.60. The molecule has 152 valence electrons. The van der Waals surface area contributed by atoms with Crippen LogP contribution >= 0.6 is 19.5 Å². The van der Waals surface area contributed by atoms with Crippen LogP contribution in [0.5, 0.6) is 5.75 Å². The second-order valence-corrected chi connectivity index (χ2v) is 9.04. The summed E-state index contributed by atoms with van der Waals surface area (Å²) in [6.07, 6.45) is 0. The Labute approximate surface area is 186 Å². The average molecular weight is 433 g/mol. The Morgan fingerprint density at radius 2 is 1.00 bits per heavy atom. The molecule has 0 N–H and O–H groups in total. The van der Waals surface area contributed by atoms with Gasteiger partial charge in [0.15, 0.2) is 0 Å². The topological polar surface area (TPSA) is 9.23 Å². The van der Waals surface area contributed by atoms with Crippen molar-refractivity contribution in [2.75, 3.05) is 6.61 Å². The predicted octanol–water partition coefficient (Wildman–Crippen LogP) is 6.27. The summed E-state index contributed by atoms with van der Waals surface area (Å²) in [7, 11) is -0.446. The number of halogens is 1. The van der Waals surface area contributed by atoms with Crippen LogP contribution in [0.1, 0.15) is 12.5 Å². The van der Waals surface area contributed by atoms with Crippen molar-refractivity contribution in [1.82, 2.24) is 0 Å². The number of rotatable bonds is 6. The van der Waals surface area contributed by atoms with E-state index in [4.69, 9.17) is 16.3 Å². The van der Waals surface area contributed by atoms with Gasteiger partial charge in [-0.15, -0.1) is 11.6 Å². The molecule has 1 nitrogen and oxygen atoms in total. The third-order valence-electron chi connectivity index (χ3n) is 4.43. The van der Waals surface area contributed by atoms with Gasteiger partial charge in [0.1, 0.15) is 5.75 Å². The van der Waals surface area contributed by atoms with Crippen molar-refractivity contribution in [3.8, 4) is 5.75 Å². The van der Waals surface area contributed by atoms with E-state index in [-0.39, 0.29) is 0 Å². The summed E-state index contributed by atoms with van der Waals surface area (Å²) in [6.45, 7) is 2.68. The van der Waals surface area contributed by atoms with E-state index in [2.05, 4.69) is 91.0 Å². The summed E-state index contributed by atoms with van der Waals surface area (Å²) in [5, 5.41) is 4.19. The lowest BCUT2D eigenvalue weighted by molar-refractivity contribution is 0.340. The largest absolute Gasteiger partial charge is 0.494 e. The second kappa shape index (κ2) is 12.2. The summed E-state index contributed by atoms with van der Waals surface area (Å²) in [5.74, 6) is 1.47. The molecule has 0 spiro atoms. The SMILES string of the molecule is CCOc1ccc(CCl)cc1.c1ccc(P(c2ccccc2)c2ccccc2)cc1. The highest BCUT2D eigenvalue weighted by Crippen LogP contribution is 2.32.